The number of aromatic nitrogens is 3. The van der Waals surface area contributed by atoms with Crippen LogP contribution in [0.5, 0.6) is 0 Å². The zero-order valence-electron chi connectivity index (χ0n) is 30.7. The van der Waals surface area contributed by atoms with Gasteiger partial charge in [0.1, 0.15) is 0 Å². The summed E-state index contributed by atoms with van der Waals surface area (Å²) >= 11 is 0. The van der Waals surface area contributed by atoms with E-state index in [0.29, 0.717) is 28.6 Å². The van der Waals surface area contributed by atoms with E-state index in [1.165, 1.54) is 77.5 Å². The van der Waals surface area contributed by atoms with Crippen LogP contribution >= 0.6 is 0 Å². The highest BCUT2D eigenvalue weighted by Crippen LogP contribution is 2.62. The van der Waals surface area contributed by atoms with Crippen LogP contribution in [-0.2, 0) is 10.8 Å². The summed E-state index contributed by atoms with van der Waals surface area (Å²) in [5.41, 5.74) is 11.8. The van der Waals surface area contributed by atoms with E-state index in [1.807, 2.05) is 54.6 Å². The van der Waals surface area contributed by atoms with Crippen molar-refractivity contribution in [1.29, 1.82) is 0 Å². The average Bonchev–Trinajstić information content (AvgIpc) is 3.55. The topological polar surface area (TPSA) is 43.0 Å². The van der Waals surface area contributed by atoms with Gasteiger partial charge < -0.3 is 0 Å². The molecule has 12 rings (SSSR count). The highest BCUT2D eigenvalue weighted by atomic mass is 15.0. The molecule has 1 unspecified atom stereocenters. The summed E-state index contributed by atoms with van der Waals surface area (Å²) in [6.45, 7) is 7.70. The molecule has 4 bridgehead atoms. The Bertz CT molecular complexity index is 2600. The molecule has 0 N–H and O–H groups in total. The molecule has 0 aliphatic heterocycles. The van der Waals surface area contributed by atoms with Gasteiger partial charge in [0.15, 0.2) is 23.2 Å². The maximum absolute atomic E-state index is 7.70. The molecule has 5 aliphatic carbocycles. The normalized spacial score (nSPS) is 24.2. The van der Waals surface area contributed by atoms with E-state index in [1.54, 1.807) is 0 Å². The summed E-state index contributed by atoms with van der Waals surface area (Å²) in [6.07, 6.45) is 8.38. The Labute approximate surface area is 322 Å². The van der Waals surface area contributed by atoms with Crippen molar-refractivity contribution in [3.05, 3.63) is 191 Å². The Kier molecular flexibility index (Phi) is 7.29. The zero-order chi connectivity index (χ0) is 36.6. The first-order valence-electron chi connectivity index (χ1n) is 19.8. The number of hydrogen-bond acceptors (Lipinski definition) is 3. The minimum absolute atomic E-state index is 0.323. The second kappa shape index (κ2) is 12.4. The molecular weight excluding hydrogens is 669 g/mol. The molecule has 0 spiro atoms. The van der Waals surface area contributed by atoms with Crippen LogP contribution in [0.4, 0.5) is 5.69 Å². The SMILES string of the molecule is [C-]#[N+]c1cccc(-c2nc(-c3ccccc3)nc(-c3cccc4c3C(c3ccccc3)(c3ccc(C56CC7CC(CC(C7)C5)C6)cc3)c3ccccc3-4)n2)c1. The predicted octanol–water partition coefficient (Wildman–Crippen LogP) is 12.3. The molecule has 4 heteroatoms. The molecular formula is C51H40N4. The number of benzene rings is 6. The average molecular weight is 709 g/mol. The number of rotatable bonds is 6. The fourth-order valence-corrected chi connectivity index (χ4v) is 11.6. The second-order valence-electron chi connectivity index (χ2n) is 16.5. The molecule has 4 nitrogen and oxygen atoms in total. The molecule has 4 saturated carbocycles. The lowest BCUT2D eigenvalue weighted by molar-refractivity contribution is -0.00519. The summed E-state index contributed by atoms with van der Waals surface area (Å²) in [5.74, 6) is 4.46. The molecule has 5 aliphatic rings. The fraction of sp³-hybridized carbons (Fsp3) is 0.216. The summed E-state index contributed by atoms with van der Waals surface area (Å²) in [5, 5.41) is 0. The summed E-state index contributed by atoms with van der Waals surface area (Å²) in [7, 11) is 0. The third-order valence-corrected chi connectivity index (χ3v) is 13.4. The van der Waals surface area contributed by atoms with Crippen molar-refractivity contribution >= 4 is 5.69 Å². The molecule has 7 aromatic rings. The first-order chi connectivity index (χ1) is 27.1. The smallest absolute Gasteiger partial charge is 0.187 e. The van der Waals surface area contributed by atoms with Gasteiger partial charge in [-0.3, -0.25) is 0 Å². The van der Waals surface area contributed by atoms with Gasteiger partial charge >= 0.3 is 0 Å². The van der Waals surface area contributed by atoms with Crippen molar-refractivity contribution in [2.24, 2.45) is 17.8 Å². The lowest BCUT2D eigenvalue weighted by Gasteiger charge is -2.57. The lowest BCUT2D eigenvalue weighted by Crippen LogP contribution is -2.48. The largest absolute Gasteiger partial charge is 0.238 e. The van der Waals surface area contributed by atoms with Crippen LogP contribution in [0.2, 0.25) is 0 Å². The van der Waals surface area contributed by atoms with Crippen LogP contribution in [-0.4, -0.2) is 15.0 Å². The van der Waals surface area contributed by atoms with Gasteiger partial charge in [-0.2, -0.15) is 0 Å². The van der Waals surface area contributed by atoms with Crippen LogP contribution in [0.15, 0.2) is 152 Å². The Morgan fingerprint density at radius 1 is 0.473 bits per heavy atom. The van der Waals surface area contributed by atoms with E-state index in [9.17, 15) is 0 Å². The molecule has 0 radical (unpaired) electrons. The molecule has 0 amide bonds. The Hall–Kier alpha value is -6.18. The van der Waals surface area contributed by atoms with E-state index in [0.717, 1.165) is 34.4 Å². The summed E-state index contributed by atoms with van der Waals surface area (Å²) in [4.78, 5) is 19.3. The van der Waals surface area contributed by atoms with Gasteiger partial charge in [0.2, 0.25) is 0 Å². The third kappa shape index (κ3) is 4.99. The van der Waals surface area contributed by atoms with Crippen LogP contribution < -0.4 is 0 Å². The van der Waals surface area contributed by atoms with Crippen LogP contribution in [0, 0.1) is 24.3 Å². The molecule has 1 atom stereocenters. The maximum Gasteiger partial charge on any atom is 0.187 e. The van der Waals surface area contributed by atoms with E-state index in [-0.39, 0.29) is 0 Å². The van der Waals surface area contributed by atoms with Crippen molar-refractivity contribution in [2.75, 3.05) is 0 Å². The standard InChI is InChI=1S/C51H40N4/c1-52-41-17-10-14-37(29-41)48-53-47(36-12-4-2-5-13-36)54-49(55-48)44-20-11-19-43-42-18-8-9-21-45(42)51(46(43)44,39-15-6-3-7-16-39)40-24-22-38(23-25-40)50-30-33-26-34(31-50)28-35(27-33)32-50/h2-25,29,33-35H,26-28,30-32H2. The molecule has 6 aromatic carbocycles. The van der Waals surface area contributed by atoms with Crippen LogP contribution in [0.3, 0.4) is 0 Å². The molecule has 4 fully saturated rings. The highest BCUT2D eigenvalue weighted by molar-refractivity contribution is 5.92. The Morgan fingerprint density at radius 3 is 1.71 bits per heavy atom. The molecule has 264 valence electrons. The van der Waals surface area contributed by atoms with Gasteiger partial charge in [-0.15, -0.1) is 0 Å². The minimum Gasteiger partial charge on any atom is -0.238 e. The van der Waals surface area contributed by atoms with Gasteiger partial charge in [-0.25, -0.2) is 19.8 Å². The predicted molar refractivity (Wildman–Crippen MR) is 220 cm³/mol. The molecule has 0 saturated heterocycles. The highest BCUT2D eigenvalue weighted by Gasteiger charge is 2.52. The zero-order valence-corrected chi connectivity index (χ0v) is 30.7. The van der Waals surface area contributed by atoms with Crippen LogP contribution in [0.25, 0.3) is 50.1 Å². The fourth-order valence-electron chi connectivity index (χ4n) is 11.6. The first kappa shape index (κ1) is 32.3. The number of nitrogens with zero attached hydrogens (tertiary/aromatic N) is 4. The van der Waals surface area contributed by atoms with Crippen molar-refractivity contribution in [2.45, 2.75) is 49.4 Å². The lowest BCUT2D eigenvalue weighted by atomic mass is 9.48. The molecule has 1 heterocycles. The summed E-state index contributed by atoms with van der Waals surface area (Å²) < 4.78 is 0. The monoisotopic (exact) mass is 708 g/mol. The molecule has 1 aromatic heterocycles. The van der Waals surface area contributed by atoms with E-state index in [2.05, 4.69) is 102 Å². The molecule has 55 heavy (non-hydrogen) atoms. The summed E-state index contributed by atoms with van der Waals surface area (Å²) in [6, 6.07) is 54.2. The maximum atomic E-state index is 7.70. The van der Waals surface area contributed by atoms with Crippen molar-refractivity contribution in [3.8, 4) is 45.3 Å². The van der Waals surface area contributed by atoms with Gasteiger partial charge in [0.05, 0.1) is 12.0 Å². The number of fused-ring (bicyclic) bond motifs is 3. The minimum atomic E-state index is -0.618. The van der Waals surface area contributed by atoms with Gasteiger partial charge in [0, 0.05) is 16.7 Å². The van der Waals surface area contributed by atoms with Gasteiger partial charge in [-0.1, -0.05) is 146 Å². The second-order valence-corrected chi connectivity index (χ2v) is 16.5. The van der Waals surface area contributed by atoms with Crippen molar-refractivity contribution < 1.29 is 0 Å². The van der Waals surface area contributed by atoms with E-state index < -0.39 is 5.41 Å². The van der Waals surface area contributed by atoms with E-state index >= 15 is 0 Å². The van der Waals surface area contributed by atoms with Gasteiger partial charge in [-0.05, 0) is 107 Å². The first-order valence-corrected chi connectivity index (χ1v) is 19.8. The van der Waals surface area contributed by atoms with Gasteiger partial charge in [0.25, 0.3) is 0 Å². The quantitative estimate of drug-likeness (QED) is 0.162. The third-order valence-electron chi connectivity index (χ3n) is 13.4. The Balaban J connectivity index is 1.16. The number of hydrogen-bond donors (Lipinski definition) is 0. The Morgan fingerprint density at radius 2 is 1.00 bits per heavy atom. The van der Waals surface area contributed by atoms with Crippen LogP contribution in [0.1, 0.15) is 66.3 Å². The van der Waals surface area contributed by atoms with Crippen molar-refractivity contribution in [3.63, 3.8) is 0 Å². The van der Waals surface area contributed by atoms with Crippen molar-refractivity contribution in [1.82, 2.24) is 15.0 Å². The van der Waals surface area contributed by atoms with E-state index in [4.69, 9.17) is 21.5 Å².